The Kier molecular flexibility index (Phi) is 1.11. The van der Waals surface area contributed by atoms with Crippen LogP contribution >= 0.6 is 0 Å². The predicted octanol–water partition coefficient (Wildman–Crippen LogP) is 3.00. The highest BCUT2D eigenvalue weighted by Crippen LogP contribution is 2.35. The SMILES string of the molecule is CC1CCc2c(c3ccc2o3)C1. The molecule has 0 aliphatic heterocycles. The van der Waals surface area contributed by atoms with Gasteiger partial charge in [-0.25, -0.2) is 0 Å². The zero-order valence-electron chi connectivity index (χ0n) is 7.26. The Labute approximate surface area is 71.7 Å². The summed E-state index contributed by atoms with van der Waals surface area (Å²) in [6.07, 6.45) is 3.77. The number of hydrogen-bond donors (Lipinski definition) is 0. The van der Waals surface area contributed by atoms with Gasteiger partial charge in [0.05, 0.1) is 0 Å². The van der Waals surface area contributed by atoms with Crippen LogP contribution in [0.15, 0.2) is 16.5 Å². The van der Waals surface area contributed by atoms with Gasteiger partial charge in [0.25, 0.3) is 0 Å². The molecule has 1 aliphatic carbocycles. The molecule has 1 unspecified atom stereocenters. The second kappa shape index (κ2) is 2.03. The van der Waals surface area contributed by atoms with Crippen LogP contribution in [0.4, 0.5) is 0 Å². The maximum atomic E-state index is 5.62. The monoisotopic (exact) mass is 160 g/mol. The predicted molar refractivity (Wildman–Crippen MR) is 48.6 cm³/mol. The van der Waals surface area contributed by atoms with Gasteiger partial charge in [-0.05, 0) is 37.3 Å². The average Bonchev–Trinajstić information content (AvgIpc) is 2.63. The van der Waals surface area contributed by atoms with Crippen LogP contribution in [0, 0.1) is 5.92 Å². The van der Waals surface area contributed by atoms with E-state index in [2.05, 4.69) is 19.1 Å². The standard InChI is InChI=1S/C11H12O/c1-7-2-3-8-9(6-7)11-5-4-10(8)12-11/h4-5,7H,2-3,6H2,1H3. The minimum absolute atomic E-state index is 0.841. The van der Waals surface area contributed by atoms with Crippen molar-refractivity contribution in [3.63, 3.8) is 0 Å². The van der Waals surface area contributed by atoms with Crippen LogP contribution in [0.3, 0.4) is 0 Å². The van der Waals surface area contributed by atoms with Gasteiger partial charge in [-0.2, -0.15) is 0 Å². The number of hydrogen-bond acceptors (Lipinski definition) is 1. The van der Waals surface area contributed by atoms with Crippen LogP contribution in [0.2, 0.25) is 0 Å². The number of aryl methyl sites for hydroxylation is 1. The summed E-state index contributed by atoms with van der Waals surface area (Å²) in [5.41, 5.74) is 5.25. The third-order valence-corrected chi connectivity index (χ3v) is 3.00. The fraction of sp³-hybridized carbons (Fsp3) is 0.455. The Morgan fingerprint density at radius 3 is 2.83 bits per heavy atom. The highest BCUT2D eigenvalue weighted by atomic mass is 16.3. The first-order valence-corrected chi connectivity index (χ1v) is 4.67. The van der Waals surface area contributed by atoms with Crippen molar-refractivity contribution in [2.24, 2.45) is 5.92 Å². The van der Waals surface area contributed by atoms with Crippen LogP contribution in [0.1, 0.15) is 24.5 Å². The topological polar surface area (TPSA) is 13.1 Å². The summed E-state index contributed by atoms with van der Waals surface area (Å²) in [7, 11) is 0. The molecule has 1 atom stereocenters. The molecule has 0 saturated heterocycles. The lowest BCUT2D eigenvalue weighted by Gasteiger charge is -2.17. The first-order chi connectivity index (χ1) is 5.84. The second-order valence-corrected chi connectivity index (χ2v) is 3.97. The summed E-state index contributed by atoms with van der Waals surface area (Å²) in [6, 6.07) is 4.20. The van der Waals surface area contributed by atoms with Crippen molar-refractivity contribution in [1.82, 2.24) is 0 Å². The third-order valence-electron chi connectivity index (χ3n) is 3.00. The molecule has 0 N–H and O–H groups in total. The lowest BCUT2D eigenvalue weighted by molar-refractivity contribution is 0.506. The van der Waals surface area contributed by atoms with E-state index in [9.17, 15) is 0 Å². The Morgan fingerprint density at radius 2 is 2.00 bits per heavy atom. The first-order valence-electron chi connectivity index (χ1n) is 4.67. The smallest absolute Gasteiger partial charge is 0.131 e. The van der Waals surface area contributed by atoms with Crippen molar-refractivity contribution in [1.29, 1.82) is 0 Å². The third kappa shape index (κ3) is 0.689. The normalized spacial score (nSPS) is 23.2. The Hall–Kier alpha value is -0.980. The molecule has 0 fully saturated rings. The van der Waals surface area contributed by atoms with E-state index in [1.807, 2.05) is 0 Å². The number of rotatable bonds is 0. The maximum absolute atomic E-state index is 5.62. The van der Waals surface area contributed by atoms with Gasteiger partial charge in [-0.3, -0.25) is 0 Å². The fourth-order valence-electron chi connectivity index (χ4n) is 2.30. The molecule has 2 aromatic heterocycles. The van der Waals surface area contributed by atoms with E-state index >= 15 is 0 Å². The van der Waals surface area contributed by atoms with E-state index in [1.54, 1.807) is 0 Å². The van der Waals surface area contributed by atoms with Gasteiger partial charge in [-0.15, -0.1) is 0 Å². The highest BCUT2D eigenvalue weighted by Gasteiger charge is 2.22. The summed E-state index contributed by atoms with van der Waals surface area (Å²) in [5.74, 6) is 0.841. The molecule has 1 nitrogen and oxygen atoms in total. The maximum Gasteiger partial charge on any atom is 0.131 e. The summed E-state index contributed by atoms with van der Waals surface area (Å²) in [5, 5.41) is 0. The number of furan rings is 2. The molecule has 0 amide bonds. The molecule has 1 aliphatic rings. The molecule has 2 heterocycles. The molecule has 0 saturated carbocycles. The molecule has 1 heteroatoms. The van der Waals surface area contributed by atoms with Crippen LogP contribution < -0.4 is 0 Å². The van der Waals surface area contributed by atoms with Gasteiger partial charge in [0.1, 0.15) is 11.2 Å². The molecule has 62 valence electrons. The van der Waals surface area contributed by atoms with Crippen molar-refractivity contribution < 1.29 is 4.42 Å². The summed E-state index contributed by atoms with van der Waals surface area (Å²) in [6.45, 7) is 2.32. The average molecular weight is 160 g/mol. The molecule has 0 radical (unpaired) electrons. The van der Waals surface area contributed by atoms with Gasteiger partial charge in [0.15, 0.2) is 0 Å². The summed E-state index contributed by atoms with van der Waals surface area (Å²) < 4.78 is 5.62. The van der Waals surface area contributed by atoms with E-state index in [-0.39, 0.29) is 0 Å². The lowest BCUT2D eigenvalue weighted by atomic mass is 9.85. The molecule has 0 aromatic carbocycles. The molecule has 2 aromatic rings. The second-order valence-electron chi connectivity index (χ2n) is 3.97. The minimum Gasteiger partial charge on any atom is -0.457 e. The van der Waals surface area contributed by atoms with E-state index in [4.69, 9.17) is 4.42 Å². The van der Waals surface area contributed by atoms with E-state index in [0.29, 0.717) is 0 Å². The molecular weight excluding hydrogens is 148 g/mol. The molecule has 3 rings (SSSR count). The molecular formula is C11H12O. The van der Waals surface area contributed by atoms with Crippen molar-refractivity contribution in [2.75, 3.05) is 0 Å². The van der Waals surface area contributed by atoms with E-state index in [0.717, 1.165) is 17.1 Å². The van der Waals surface area contributed by atoms with Crippen molar-refractivity contribution in [3.8, 4) is 0 Å². The van der Waals surface area contributed by atoms with Crippen molar-refractivity contribution in [3.05, 3.63) is 23.3 Å². The zero-order chi connectivity index (χ0) is 8.13. The van der Waals surface area contributed by atoms with Crippen LogP contribution in [0.25, 0.3) is 11.2 Å². The quantitative estimate of drug-likeness (QED) is 0.577. The van der Waals surface area contributed by atoms with Crippen LogP contribution in [0.5, 0.6) is 0 Å². The minimum atomic E-state index is 0.841. The van der Waals surface area contributed by atoms with Gasteiger partial charge < -0.3 is 4.42 Å². The number of fused-ring (bicyclic) bond motifs is 5. The van der Waals surface area contributed by atoms with Gasteiger partial charge >= 0.3 is 0 Å². The Balaban J connectivity index is 2.23. The van der Waals surface area contributed by atoms with E-state index < -0.39 is 0 Å². The Morgan fingerprint density at radius 1 is 1.25 bits per heavy atom. The van der Waals surface area contributed by atoms with Crippen molar-refractivity contribution >= 4 is 11.2 Å². The highest BCUT2D eigenvalue weighted by molar-refractivity contribution is 5.72. The first kappa shape index (κ1) is 6.53. The van der Waals surface area contributed by atoms with Gasteiger partial charge in [-0.1, -0.05) is 6.92 Å². The Bertz CT molecular complexity index is 399. The van der Waals surface area contributed by atoms with Crippen LogP contribution in [-0.4, -0.2) is 0 Å². The summed E-state index contributed by atoms with van der Waals surface area (Å²) >= 11 is 0. The van der Waals surface area contributed by atoms with Crippen LogP contribution in [-0.2, 0) is 12.8 Å². The largest absolute Gasteiger partial charge is 0.457 e. The molecule has 0 spiro atoms. The zero-order valence-corrected chi connectivity index (χ0v) is 7.26. The van der Waals surface area contributed by atoms with Crippen molar-refractivity contribution in [2.45, 2.75) is 26.2 Å². The molecule has 2 bridgehead atoms. The van der Waals surface area contributed by atoms with Gasteiger partial charge in [0.2, 0.25) is 0 Å². The lowest BCUT2D eigenvalue weighted by Crippen LogP contribution is -2.09. The van der Waals surface area contributed by atoms with Gasteiger partial charge in [0, 0.05) is 11.1 Å². The summed E-state index contributed by atoms with van der Waals surface area (Å²) in [4.78, 5) is 0. The molecule has 12 heavy (non-hydrogen) atoms. The number of benzene rings is 1. The van der Waals surface area contributed by atoms with E-state index in [1.165, 1.54) is 30.4 Å². The fourth-order valence-corrected chi connectivity index (χ4v) is 2.30.